The van der Waals surface area contributed by atoms with Gasteiger partial charge in [-0.1, -0.05) is 52.5 Å². The monoisotopic (exact) mass is 277 g/mol. The second kappa shape index (κ2) is 9.57. The van der Waals surface area contributed by atoms with E-state index in [0.717, 1.165) is 30.5 Å². The number of hydrogen-bond acceptors (Lipinski definition) is 1. The number of rotatable bonds is 6. The lowest BCUT2D eigenvalue weighted by Crippen LogP contribution is -2.33. The van der Waals surface area contributed by atoms with Gasteiger partial charge in [-0.05, 0) is 38.2 Å². The number of carbonyl (C=O) groups is 1. The molecule has 2 heteroatoms. The topological polar surface area (TPSA) is 20.3 Å². The van der Waals surface area contributed by atoms with Crippen LogP contribution >= 0.6 is 0 Å². The van der Waals surface area contributed by atoms with Gasteiger partial charge in [-0.2, -0.15) is 0 Å². The Morgan fingerprint density at radius 1 is 1.25 bits per heavy atom. The third kappa shape index (κ3) is 5.36. The van der Waals surface area contributed by atoms with E-state index in [1.807, 2.05) is 30.9 Å². The van der Waals surface area contributed by atoms with Crippen molar-refractivity contribution in [2.45, 2.75) is 60.4 Å². The smallest absolute Gasteiger partial charge is 0.250 e. The van der Waals surface area contributed by atoms with Crippen molar-refractivity contribution in [2.24, 2.45) is 5.92 Å². The Labute approximate surface area is 125 Å². The molecule has 0 saturated heterocycles. The van der Waals surface area contributed by atoms with Gasteiger partial charge in [-0.25, -0.2) is 0 Å². The van der Waals surface area contributed by atoms with Crippen LogP contribution in [0.25, 0.3) is 0 Å². The van der Waals surface area contributed by atoms with Crippen molar-refractivity contribution in [3.63, 3.8) is 0 Å². The minimum atomic E-state index is 0.217. The van der Waals surface area contributed by atoms with Gasteiger partial charge in [0, 0.05) is 18.2 Å². The Balaban J connectivity index is 0.00000172. The molecule has 20 heavy (non-hydrogen) atoms. The molecular formula is C18H31NO. The van der Waals surface area contributed by atoms with E-state index in [2.05, 4.69) is 34.3 Å². The lowest BCUT2D eigenvalue weighted by molar-refractivity contribution is -0.127. The summed E-state index contributed by atoms with van der Waals surface area (Å²) < 4.78 is 0. The largest absolute Gasteiger partial charge is 0.332 e. The molecule has 1 heterocycles. The maximum atomic E-state index is 12.3. The summed E-state index contributed by atoms with van der Waals surface area (Å²) in [6.07, 6.45) is 7.66. The van der Waals surface area contributed by atoms with Crippen LogP contribution in [0.1, 0.15) is 54.4 Å². The van der Waals surface area contributed by atoms with Crippen molar-refractivity contribution >= 4 is 5.91 Å². The van der Waals surface area contributed by atoms with Gasteiger partial charge < -0.3 is 4.90 Å². The zero-order valence-corrected chi connectivity index (χ0v) is 14.1. The Kier molecular flexibility index (Phi) is 8.94. The number of amides is 1. The van der Waals surface area contributed by atoms with E-state index in [4.69, 9.17) is 0 Å². The molecule has 1 amide bonds. The average Bonchev–Trinajstić information content (AvgIpc) is 2.73. The van der Waals surface area contributed by atoms with Crippen LogP contribution in [0.2, 0.25) is 0 Å². The molecule has 1 aliphatic rings. The summed E-state index contributed by atoms with van der Waals surface area (Å²) in [5.41, 5.74) is 2.16. The van der Waals surface area contributed by atoms with Crippen LogP contribution in [0.15, 0.2) is 36.0 Å². The van der Waals surface area contributed by atoms with E-state index >= 15 is 0 Å². The van der Waals surface area contributed by atoms with Crippen LogP contribution in [0, 0.1) is 5.92 Å². The SMILES string of the molecule is C=C/C=C\C1=C(CCC(C)C)C(=O)N(C(C)C)C1.CC. The molecule has 0 N–H and O–H groups in total. The minimum Gasteiger partial charge on any atom is -0.332 e. The molecule has 0 aliphatic carbocycles. The molecule has 2 nitrogen and oxygen atoms in total. The molecule has 0 fully saturated rings. The molecule has 0 aromatic heterocycles. The van der Waals surface area contributed by atoms with Crippen molar-refractivity contribution in [3.05, 3.63) is 36.0 Å². The molecule has 1 aliphatic heterocycles. The lowest BCUT2D eigenvalue weighted by atomic mass is 10.00. The second-order valence-corrected chi connectivity index (χ2v) is 5.56. The maximum Gasteiger partial charge on any atom is 0.250 e. The summed E-state index contributed by atoms with van der Waals surface area (Å²) in [6, 6.07) is 0.265. The molecule has 0 atom stereocenters. The van der Waals surface area contributed by atoms with E-state index in [0.29, 0.717) is 5.92 Å². The Morgan fingerprint density at radius 3 is 2.30 bits per heavy atom. The fraction of sp³-hybridized carbons (Fsp3) is 0.611. The Hall–Kier alpha value is -1.31. The molecule has 0 saturated carbocycles. The molecule has 114 valence electrons. The van der Waals surface area contributed by atoms with Gasteiger partial charge in [0.15, 0.2) is 0 Å². The first kappa shape index (κ1) is 18.7. The van der Waals surface area contributed by atoms with Crippen LogP contribution in [0.4, 0.5) is 0 Å². The maximum absolute atomic E-state index is 12.3. The summed E-state index contributed by atoms with van der Waals surface area (Å²) in [7, 11) is 0. The van der Waals surface area contributed by atoms with Gasteiger partial charge >= 0.3 is 0 Å². The molecule has 0 bridgehead atoms. The molecule has 1 rings (SSSR count). The fourth-order valence-electron chi connectivity index (χ4n) is 2.12. The van der Waals surface area contributed by atoms with Crippen LogP contribution < -0.4 is 0 Å². The number of carbonyl (C=O) groups excluding carboxylic acids is 1. The summed E-state index contributed by atoms with van der Waals surface area (Å²) >= 11 is 0. The molecule has 0 radical (unpaired) electrons. The summed E-state index contributed by atoms with van der Waals surface area (Å²) in [5, 5.41) is 0. The van der Waals surface area contributed by atoms with Crippen LogP contribution in [-0.2, 0) is 4.79 Å². The third-order valence-corrected chi connectivity index (χ3v) is 3.28. The normalized spacial score (nSPS) is 15.4. The quantitative estimate of drug-likeness (QED) is 0.642. The van der Waals surface area contributed by atoms with Crippen LogP contribution in [0.5, 0.6) is 0 Å². The highest BCUT2D eigenvalue weighted by molar-refractivity contribution is 5.97. The van der Waals surface area contributed by atoms with Crippen molar-refractivity contribution < 1.29 is 4.79 Å². The zero-order chi connectivity index (χ0) is 15.7. The zero-order valence-electron chi connectivity index (χ0n) is 14.1. The van der Waals surface area contributed by atoms with E-state index in [9.17, 15) is 4.79 Å². The van der Waals surface area contributed by atoms with Gasteiger partial charge in [0.1, 0.15) is 0 Å². The molecular weight excluding hydrogens is 246 g/mol. The van der Waals surface area contributed by atoms with E-state index < -0.39 is 0 Å². The first-order chi connectivity index (χ1) is 9.47. The lowest BCUT2D eigenvalue weighted by Gasteiger charge is -2.21. The summed E-state index contributed by atoms with van der Waals surface area (Å²) in [5.74, 6) is 0.845. The Bertz CT molecular complexity index is 375. The average molecular weight is 277 g/mol. The number of allylic oxidation sites excluding steroid dienone is 2. The Morgan fingerprint density at radius 2 is 1.85 bits per heavy atom. The van der Waals surface area contributed by atoms with Gasteiger partial charge in [0.25, 0.3) is 5.91 Å². The number of nitrogens with zero attached hydrogens (tertiary/aromatic N) is 1. The minimum absolute atomic E-state index is 0.217. The van der Waals surface area contributed by atoms with Gasteiger partial charge in [-0.3, -0.25) is 4.79 Å². The summed E-state index contributed by atoms with van der Waals surface area (Å²) in [6.45, 7) is 17.0. The van der Waals surface area contributed by atoms with E-state index in [1.54, 1.807) is 6.08 Å². The van der Waals surface area contributed by atoms with Crippen molar-refractivity contribution in [1.29, 1.82) is 0 Å². The van der Waals surface area contributed by atoms with Gasteiger partial charge in [0.05, 0.1) is 0 Å². The van der Waals surface area contributed by atoms with Gasteiger partial charge in [0.2, 0.25) is 0 Å². The third-order valence-electron chi connectivity index (χ3n) is 3.28. The van der Waals surface area contributed by atoms with Crippen molar-refractivity contribution in [1.82, 2.24) is 4.90 Å². The highest BCUT2D eigenvalue weighted by Gasteiger charge is 2.30. The van der Waals surface area contributed by atoms with Gasteiger partial charge in [-0.15, -0.1) is 0 Å². The molecule has 0 spiro atoms. The predicted molar refractivity (Wildman–Crippen MR) is 88.6 cm³/mol. The van der Waals surface area contributed by atoms with Crippen LogP contribution in [0.3, 0.4) is 0 Å². The predicted octanol–water partition coefficient (Wildman–Crippen LogP) is 4.74. The molecule has 0 aromatic carbocycles. The second-order valence-electron chi connectivity index (χ2n) is 5.56. The van der Waals surface area contributed by atoms with Crippen molar-refractivity contribution in [2.75, 3.05) is 6.54 Å². The van der Waals surface area contributed by atoms with Crippen molar-refractivity contribution in [3.8, 4) is 0 Å². The first-order valence-electron chi connectivity index (χ1n) is 7.79. The van der Waals surface area contributed by atoms with E-state index in [1.165, 1.54) is 0 Å². The number of hydrogen-bond donors (Lipinski definition) is 0. The first-order valence-corrected chi connectivity index (χ1v) is 7.79. The molecule has 0 aromatic rings. The standard InChI is InChI=1S/C16H25NO.C2H6/c1-6-7-8-14-11-17(13(4)5)16(18)15(14)10-9-12(2)3;1-2/h6-8,12-13H,1,9-11H2,2-5H3;1-2H3/b8-7-;. The summed E-state index contributed by atoms with van der Waals surface area (Å²) in [4.78, 5) is 14.3. The highest BCUT2D eigenvalue weighted by Crippen LogP contribution is 2.27. The fourth-order valence-corrected chi connectivity index (χ4v) is 2.12. The molecule has 0 unspecified atom stereocenters. The van der Waals surface area contributed by atoms with E-state index in [-0.39, 0.29) is 11.9 Å². The highest BCUT2D eigenvalue weighted by atomic mass is 16.2. The van der Waals surface area contributed by atoms with Crippen LogP contribution in [-0.4, -0.2) is 23.4 Å².